The molecule has 0 aliphatic rings. The third kappa shape index (κ3) is 7.12. The number of amides is 2. The number of carbonyl (C=O) groups is 1. The van der Waals surface area contributed by atoms with Crippen LogP contribution in [0.15, 0.2) is 23.3 Å². The summed E-state index contributed by atoms with van der Waals surface area (Å²) in [6.07, 6.45) is 1.82. The first-order valence-corrected chi connectivity index (χ1v) is 10.4. The van der Waals surface area contributed by atoms with Gasteiger partial charge in [0, 0.05) is 11.8 Å². The van der Waals surface area contributed by atoms with Crippen molar-refractivity contribution in [1.82, 2.24) is 5.43 Å². The second kappa shape index (κ2) is 10.0. The van der Waals surface area contributed by atoms with Crippen molar-refractivity contribution in [2.45, 2.75) is 20.3 Å². The van der Waals surface area contributed by atoms with Gasteiger partial charge in [0.05, 0.1) is 23.3 Å². The minimum Gasteiger partial charge on any atom is -0.417 e. The Kier molecular flexibility index (Phi) is 8.39. The largest absolute Gasteiger partial charge is 0.440 e. The molecule has 1 rings (SSSR count). The highest BCUT2D eigenvalue weighted by Crippen LogP contribution is 2.60. The molecule has 0 spiro atoms. The van der Waals surface area contributed by atoms with E-state index in [-0.39, 0.29) is 23.6 Å². The van der Waals surface area contributed by atoms with E-state index in [4.69, 9.17) is 14.8 Å². The average Bonchev–Trinajstić information content (AvgIpc) is 2.53. The Morgan fingerprint density at radius 3 is 2.80 bits per heavy atom. The summed E-state index contributed by atoms with van der Waals surface area (Å²) in [6.45, 7) is 0.359. The molecule has 25 heavy (non-hydrogen) atoms. The van der Waals surface area contributed by atoms with Crippen molar-refractivity contribution in [3.63, 3.8) is 0 Å². The van der Waals surface area contributed by atoms with Crippen molar-refractivity contribution in [3.8, 4) is 5.75 Å². The number of hydrazone groups is 1. The fraction of sp³-hybridized carbons (Fsp3) is 0.385. The summed E-state index contributed by atoms with van der Waals surface area (Å²) in [5, 5.41) is 14.6. The topological polar surface area (TPSA) is 146 Å². The highest BCUT2D eigenvalue weighted by Gasteiger charge is 2.27. The molecule has 12 heteroatoms. The van der Waals surface area contributed by atoms with Gasteiger partial charge in [-0.25, -0.2) is 14.8 Å². The Hall–Kier alpha value is -2.10. The number of urea groups is 1. The van der Waals surface area contributed by atoms with Gasteiger partial charge in [0.2, 0.25) is 0 Å². The van der Waals surface area contributed by atoms with Gasteiger partial charge < -0.3 is 10.3 Å². The molecule has 0 heterocycles. The summed E-state index contributed by atoms with van der Waals surface area (Å²) in [5.74, 6) is 0.688. The van der Waals surface area contributed by atoms with E-state index in [1.165, 1.54) is 18.2 Å². The van der Waals surface area contributed by atoms with Crippen LogP contribution in [0.3, 0.4) is 0 Å². The van der Waals surface area contributed by atoms with Crippen LogP contribution in [0, 0.1) is 10.1 Å². The van der Waals surface area contributed by atoms with Crippen LogP contribution in [0.1, 0.15) is 25.8 Å². The van der Waals surface area contributed by atoms with Gasteiger partial charge in [-0.2, -0.15) is 5.10 Å². The van der Waals surface area contributed by atoms with Gasteiger partial charge in [0.15, 0.2) is 0 Å². The summed E-state index contributed by atoms with van der Waals surface area (Å²) in [4.78, 5) is 21.1. The Morgan fingerprint density at radius 1 is 1.52 bits per heavy atom. The first-order chi connectivity index (χ1) is 11.8. The highest BCUT2D eigenvalue weighted by molar-refractivity contribution is 8.55. The molecule has 3 N–H and O–H groups in total. The van der Waals surface area contributed by atoms with E-state index in [1.54, 1.807) is 6.92 Å². The van der Waals surface area contributed by atoms with Gasteiger partial charge in [0.25, 0.3) is 5.69 Å². The lowest BCUT2D eigenvalue weighted by Crippen LogP contribution is -2.24. The molecule has 0 bridgehead atoms. The van der Waals surface area contributed by atoms with E-state index in [2.05, 4.69) is 5.10 Å². The Balaban J connectivity index is 3.10. The number of primary amides is 1. The van der Waals surface area contributed by atoms with Crippen molar-refractivity contribution < 1.29 is 23.3 Å². The van der Waals surface area contributed by atoms with E-state index in [1.807, 2.05) is 12.3 Å². The monoisotopic (exact) mass is 390 g/mol. The number of carbonyl (C=O) groups excluding carboxylic acids is 1. The van der Waals surface area contributed by atoms with Crippen LogP contribution < -0.4 is 15.7 Å². The van der Waals surface area contributed by atoms with Crippen LogP contribution in [0.4, 0.5) is 10.5 Å². The average molecular weight is 390 g/mol. The normalized spacial score (nSPS) is 13.4. The van der Waals surface area contributed by atoms with E-state index >= 15 is 0 Å². The third-order valence-electron chi connectivity index (χ3n) is 2.53. The molecule has 138 valence electrons. The van der Waals surface area contributed by atoms with Gasteiger partial charge in [-0.1, -0.05) is 6.92 Å². The zero-order valence-electron chi connectivity index (χ0n) is 13.7. The lowest BCUT2D eigenvalue weighted by molar-refractivity contribution is -0.385. The number of hydrogen-bond acceptors (Lipinski definition) is 8. The fourth-order valence-corrected chi connectivity index (χ4v) is 5.05. The smallest absolute Gasteiger partial charge is 0.417 e. The van der Waals surface area contributed by atoms with Crippen LogP contribution in [0.25, 0.3) is 0 Å². The maximum atomic E-state index is 12.7. The molecule has 1 atom stereocenters. The number of nitrogens with zero attached hydrogens (tertiary/aromatic N) is 2. The summed E-state index contributed by atoms with van der Waals surface area (Å²) >= 11 is 1.05. The summed E-state index contributed by atoms with van der Waals surface area (Å²) in [7, 11) is 0. The first kappa shape index (κ1) is 20.9. The van der Waals surface area contributed by atoms with Gasteiger partial charge in [-0.05, 0) is 36.9 Å². The standard InChI is InChI=1S/C13H19N4O6PS/c1-3-7-25-24(21,22-4-2)23-11-5-6-12(17(19)20)10(8-11)9-15-16-13(14)18/h5-6,8-9H,3-4,7H2,1-2H3,(H3,14,16,18). The van der Waals surface area contributed by atoms with E-state index in [9.17, 15) is 19.5 Å². The molecule has 0 aliphatic carbocycles. The molecule has 2 amide bonds. The van der Waals surface area contributed by atoms with Crippen molar-refractivity contribution >= 4 is 36.1 Å². The minimum absolute atomic E-state index is 0.0415. The predicted molar refractivity (Wildman–Crippen MR) is 96.0 cm³/mol. The van der Waals surface area contributed by atoms with E-state index < -0.39 is 17.8 Å². The molecular formula is C13H19N4O6PS. The number of hydrogen-bond donors (Lipinski definition) is 2. The van der Waals surface area contributed by atoms with Crippen molar-refractivity contribution in [2.75, 3.05) is 12.4 Å². The number of nitro groups is 1. The maximum absolute atomic E-state index is 12.7. The zero-order chi connectivity index (χ0) is 18.9. The van der Waals surface area contributed by atoms with Crippen LogP contribution >= 0.6 is 18.2 Å². The summed E-state index contributed by atoms with van der Waals surface area (Å²) in [6, 6.07) is 2.86. The first-order valence-electron chi connectivity index (χ1n) is 7.27. The molecule has 0 saturated heterocycles. The van der Waals surface area contributed by atoms with Gasteiger partial charge in [0.1, 0.15) is 5.75 Å². The van der Waals surface area contributed by atoms with Crippen LogP contribution in [0.5, 0.6) is 5.75 Å². The SMILES string of the molecule is CCCSP(=O)(OCC)Oc1ccc([N+](=O)[O-])c(C=NNC(N)=O)c1. The van der Waals surface area contributed by atoms with E-state index in [0.29, 0.717) is 5.75 Å². The van der Waals surface area contributed by atoms with Crippen molar-refractivity contribution in [1.29, 1.82) is 0 Å². The van der Waals surface area contributed by atoms with Crippen molar-refractivity contribution in [3.05, 3.63) is 33.9 Å². The van der Waals surface area contributed by atoms with Crippen LogP contribution in [-0.4, -0.2) is 29.5 Å². The van der Waals surface area contributed by atoms with Crippen molar-refractivity contribution in [2.24, 2.45) is 10.8 Å². The fourth-order valence-electron chi connectivity index (χ4n) is 1.60. The second-order valence-corrected chi connectivity index (χ2v) is 8.62. The second-order valence-electron chi connectivity index (χ2n) is 4.50. The number of rotatable bonds is 10. The highest BCUT2D eigenvalue weighted by atomic mass is 32.7. The minimum atomic E-state index is -3.45. The molecule has 1 aromatic carbocycles. The number of benzene rings is 1. The molecule has 1 unspecified atom stereocenters. The Morgan fingerprint density at radius 2 is 2.24 bits per heavy atom. The quantitative estimate of drug-likeness (QED) is 0.270. The molecular weight excluding hydrogens is 371 g/mol. The predicted octanol–water partition coefficient (Wildman–Crippen LogP) is 3.26. The Bertz CT molecular complexity index is 699. The number of nitrogens with two attached hydrogens (primary N) is 1. The summed E-state index contributed by atoms with van der Waals surface area (Å²) < 4.78 is 23.3. The molecule has 1 aromatic rings. The van der Waals surface area contributed by atoms with Crippen LogP contribution in [-0.2, 0) is 9.09 Å². The molecule has 10 nitrogen and oxygen atoms in total. The molecule has 0 radical (unpaired) electrons. The third-order valence-corrected chi connectivity index (χ3v) is 6.48. The molecule has 0 aliphatic heterocycles. The molecule has 0 aromatic heterocycles. The van der Waals surface area contributed by atoms with Crippen LogP contribution in [0.2, 0.25) is 0 Å². The number of nitro benzene ring substituents is 1. The lowest BCUT2D eigenvalue weighted by Gasteiger charge is -2.17. The van der Waals surface area contributed by atoms with E-state index in [0.717, 1.165) is 24.0 Å². The number of nitrogens with one attached hydrogen (secondary N) is 1. The Labute approximate surface area is 148 Å². The van der Waals surface area contributed by atoms with Gasteiger partial charge >= 0.3 is 12.8 Å². The summed E-state index contributed by atoms with van der Waals surface area (Å²) in [5.41, 5.74) is 6.58. The maximum Gasteiger partial charge on any atom is 0.440 e. The zero-order valence-corrected chi connectivity index (χ0v) is 15.4. The lowest BCUT2D eigenvalue weighted by atomic mass is 10.2. The molecule has 0 saturated carbocycles. The van der Waals surface area contributed by atoms with Gasteiger partial charge in [-0.3, -0.25) is 14.6 Å². The molecule has 0 fully saturated rings. The van der Waals surface area contributed by atoms with Gasteiger partial charge in [-0.15, -0.1) is 0 Å².